The number of carbonyl (C=O) groups is 2. The number of hydrogen-bond donors (Lipinski definition) is 4. The van der Waals surface area contributed by atoms with E-state index in [2.05, 4.69) is 0 Å². The fraction of sp³-hybridized carbons (Fsp3) is 0.200. The molecule has 1 aromatic carbocycles. The number of nitrogens with one attached hydrogen (secondary N) is 2. The molecule has 0 atom stereocenters. The highest BCUT2D eigenvalue weighted by molar-refractivity contribution is 5.93. The molecule has 0 aromatic heterocycles. The molecule has 0 saturated carbocycles. The maximum Gasteiger partial charge on any atom is 0.405 e. The Labute approximate surface area is 104 Å². The molecule has 9 heteroatoms. The smallest absolute Gasteiger partial charge is 0.405 e. The van der Waals surface area contributed by atoms with Crippen molar-refractivity contribution >= 4 is 17.7 Å². The summed E-state index contributed by atoms with van der Waals surface area (Å²) < 4.78 is 35.5. The van der Waals surface area contributed by atoms with Gasteiger partial charge >= 0.3 is 18.2 Å². The van der Waals surface area contributed by atoms with E-state index < -0.39 is 30.5 Å². The van der Waals surface area contributed by atoms with Crippen molar-refractivity contribution in [2.75, 3.05) is 11.9 Å². The second-order valence-electron chi connectivity index (χ2n) is 3.46. The quantitative estimate of drug-likeness (QED) is 0.633. The zero-order valence-electron chi connectivity index (χ0n) is 9.28. The number of urea groups is 1. The van der Waals surface area contributed by atoms with Crippen LogP contribution in [-0.2, 0) is 0 Å². The number of carboxylic acid groups (broad SMARTS) is 1. The van der Waals surface area contributed by atoms with Gasteiger partial charge in [-0.05, 0) is 18.2 Å². The average Bonchev–Trinajstić information content (AvgIpc) is 2.28. The molecule has 0 aliphatic heterocycles. The summed E-state index contributed by atoms with van der Waals surface area (Å²) in [5, 5.41) is 21.5. The number of carboxylic acids is 1. The van der Waals surface area contributed by atoms with Gasteiger partial charge in [-0.1, -0.05) is 0 Å². The third-order valence-electron chi connectivity index (χ3n) is 1.94. The first-order valence-electron chi connectivity index (χ1n) is 4.87. The van der Waals surface area contributed by atoms with Crippen molar-refractivity contribution < 1.29 is 33.0 Å². The first-order valence-corrected chi connectivity index (χ1v) is 4.87. The summed E-state index contributed by atoms with van der Waals surface area (Å²) in [6, 6.07) is 1.84. The summed E-state index contributed by atoms with van der Waals surface area (Å²) in [6.07, 6.45) is -4.55. The number of phenols is 1. The molecule has 6 nitrogen and oxygen atoms in total. The normalized spacial score (nSPS) is 10.9. The number of alkyl halides is 3. The van der Waals surface area contributed by atoms with Crippen LogP contribution in [0, 0.1) is 0 Å². The number of carbonyl (C=O) groups excluding carboxylic acids is 1. The second kappa shape index (κ2) is 5.46. The molecule has 4 N–H and O–H groups in total. The van der Waals surface area contributed by atoms with Gasteiger partial charge in [0, 0.05) is 0 Å². The van der Waals surface area contributed by atoms with Gasteiger partial charge in [0.05, 0.1) is 11.3 Å². The Morgan fingerprint density at radius 2 is 1.89 bits per heavy atom. The van der Waals surface area contributed by atoms with Crippen molar-refractivity contribution in [3.63, 3.8) is 0 Å². The number of halogens is 3. The van der Waals surface area contributed by atoms with Crippen LogP contribution in [0.2, 0.25) is 0 Å². The minimum Gasteiger partial charge on any atom is -0.506 e. The van der Waals surface area contributed by atoms with Gasteiger partial charge in [0.1, 0.15) is 12.3 Å². The third kappa shape index (κ3) is 4.74. The van der Waals surface area contributed by atoms with Crippen LogP contribution >= 0.6 is 0 Å². The Balaban J connectivity index is 2.67. The molecule has 0 fully saturated rings. The zero-order valence-corrected chi connectivity index (χ0v) is 9.28. The lowest BCUT2D eigenvalue weighted by Crippen LogP contribution is -2.36. The first kappa shape index (κ1) is 14.6. The lowest BCUT2D eigenvalue weighted by atomic mass is 10.2. The van der Waals surface area contributed by atoms with Crippen LogP contribution in [0.5, 0.6) is 5.75 Å². The molecule has 0 spiro atoms. The lowest BCUT2D eigenvalue weighted by molar-refractivity contribution is -0.122. The van der Waals surface area contributed by atoms with Gasteiger partial charge in [-0.15, -0.1) is 0 Å². The Morgan fingerprint density at radius 1 is 1.26 bits per heavy atom. The highest BCUT2D eigenvalue weighted by Gasteiger charge is 2.27. The lowest BCUT2D eigenvalue weighted by Gasteiger charge is -2.11. The standard InChI is InChI=1S/C10H9F3N2O4/c11-10(12,13)4-14-9(19)15-6-2-1-5(8(17)18)3-7(6)16/h1-3,16H,4H2,(H,17,18)(H2,14,15,19). The summed E-state index contributed by atoms with van der Waals surface area (Å²) >= 11 is 0. The molecule has 0 saturated heterocycles. The van der Waals surface area contributed by atoms with E-state index in [1.165, 1.54) is 5.32 Å². The molecule has 0 radical (unpaired) electrons. The number of aromatic carboxylic acids is 1. The molecule has 1 rings (SSSR count). The SMILES string of the molecule is O=C(NCC(F)(F)F)Nc1ccc(C(=O)O)cc1O. The third-order valence-corrected chi connectivity index (χ3v) is 1.94. The molecule has 0 aliphatic carbocycles. The number of anilines is 1. The molecule has 0 heterocycles. The minimum absolute atomic E-state index is 0.204. The minimum atomic E-state index is -4.55. The molecule has 0 bridgehead atoms. The summed E-state index contributed by atoms with van der Waals surface area (Å²) in [5.74, 6) is -1.86. The molecule has 1 aromatic rings. The van der Waals surface area contributed by atoms with E-state index >= 15 is 0 Å². The summed E-state index contributed by atoms with van der Waals surface area (Å²) in [5.41, 5.74) is -0.427. The predicted octanol–water partition coefficient (Wildman–Crippen LogP) is 1.77. The van der Waals surface area contributed by atoms with Crippen molar-refractivity contribution in [1.82, 2.24) is 5.32 Å². The molecule has 104 valence electrons. The maximum absolute atomic E-state index is 11.8. The fourth-order valence-corrected chi connectivity index (χ4v) is 1.12. The maximum atomic E-state index is 11.8. The van der Waals surface area contributed by atoms with Crippen LogP contribution in [-0.4, -0.2) is 34.9 Å². The van der Waals surface area contributed by atoms with Gasteiger partial charge in [0.25, 0.3) is 0 Å². The fourth-order valence-electron chi connectivity index (χ4n) is 1.12. The largest absolute Gasteiger partial charge is 0.506 e. The molecular formula is C10H9F3N2O4. The first-order chi connectivity index (χ1) is 8.69. The highest BCUT2D eigenvalue weighted by atomic mass is 19.4. The van der Waals surface area contributed by atoms with Crippen molar-refractivity contribution in [1.29, 1.82) is 0 Å². The van der Waals surface area contributed by atoms with Crippen LogP contribution in [0.4, 0.5) is 23.7 Å². The topological polar surface area (TPSA) is 98.7 Å². The zero-order chi connectivity index (χ0) is 14.6. The Hall–Kier alpha value is -2.45. The van der Waals surface area contributed by atoms with E-state index in [4.69, 9.17) is 5.11 Å². The molecular weight excluding hydrogens is 269 g/mol. The summed E-state index contributed by atoms with van der Waals surface area (Å²) in [6.45, 7) is -1.52. The summed E-state index contributed by atoms with van der Waals surface area (Å²) in [4.78, 5) is 21.6. The van der Waals surface area contributed by atoms with Crippen LogP contribution in [0.15, 0.2) is 18.2 Å². The van der Waals surface area contributed by atoms with E-state index in [1.807, 2.05) is 5.32 Å². The van der Waals surface area contributed by atoms with Gasteiger partial charge in [0.15, 0.2) is 0 Å². The number of amides is 2. The monoisotopic (exact) mass is 278 g/mol. The van der Waals surface area contributed by atoms with Crippen LogP contribution in [0.25, 0.3) is 0 Å². The van der Waals surface area contributed by atoms with Crippen molar-refractivity contribution in [2.45, 2.75) is 6.18 Å². The van der Waals surface area contributed by atoms with Gasteiger partial charge in [-0.25, -0.2) is 9.59 Å². The van der Waals surface area contributed by atoms with Crippen LogP contribution in [0.1, 0.15) is 10.4 Å². The molecule has 0 aliphatic rings. The van der Waals surface area contributed by atoms with Gasteiger partial charge in [-0.3, -0.25) is 0 Å². The number of phenolic OH excluding ortho intramolecular Hbond substituents is 1. The molecule has 2 amide bonds. The number of benzene rings is 1. The number of hydrogen-bond acceptors (Lipinski definition) is 3. The molecule has 19 heavy (non-hydrogen) atoms. The Kier molecular flexibility index (Phi) is 4.20. The van der Waals surface area contributed by atoms with Gasteiger partial charge < -0.3 is 20.8 Å². The Bertz CT molecular complexity index is 502. The van der Waals surface area contributed by atoms with Crippen LogP contribution in [0.3, 0.4) is 0 Å². The summed E-state index contributed by atoms with van der Waals surface area (Å²) in [7, 11) is 0. The number of rotatable bonds is 3. The van der Waals surface area contributed by atoms with Crippen molar-refractivity contribution in [3.05, 3.63) is 23.8 Å². The van der Waals surface area contributed by atoms with E-state index in [1.54, 1.807) is 0 Å². The second-order valence-corrected chi connectivity index (χ2v) is 3.46. The van der Waals surface area contributed by atoms with Crippen molar-refractivity contribution in [3.8, 4) is 5.75 Å². The molecule has 0 unspecified atom stereocenters. The van der Waals surface area contributed by atoms with Gasteiger partial charge in [-0.2, -0.15) is 13.2 Å². The van der Waals surface area contributed by atoms with E-state index in [0.29, 0.717) is 0 Å². The number of aromatic hydroxyl groups is 1. The van der Waals surface area contributed by atoms with E-state index in [0.717, 1.165) is 18.2 Å². The van der Waals surface area contributed by atoms with E-state index in [-0.39, 0.29) is 11.3 Å². The van der Waals surface area contributed by atoms with Crippen molar-refractivity contribution in [2.24, 2.45) is 0 Å². The van der Waals surface area contributed by atoms with Gasteiger partial charge in [0.2, 0.25) is 0 Å². The van der Waals surface area contributed by atoms with Crippen LogP contribution < -0.4 is 10.6 Å². The van der Waals surface area contributed by atoms with E-state index in [9.17, 15) is 27.9 Å². The highest BCUT2D eigenvalue weighted by Crippen LogP contribution is 2.24. The average molecular weight is 278 g/mol. The predicted molar refractivity (Wildman–Crippen MR) is 58.1 cm³/mol. The Morgan fingerprint density at radius 3 is 2.37 bits per heavy atom.